The van der Waals surface area contributed by atoms with E-state index in [0.717, 1.165) is 16.0 Å². The summed E-state index contributed by atoms with van der Waals surface area (Å²) in [4.78, 5) is 17.3. The SMILES string of the molecule is COc1cccc([C@H]2CC(=O)Nc3nc(N)sc32)c1OCc1ccc(F)cc1. The molecule has 2 aromatic carbocycles. The molecule has 1 aliphatic rings. The minimum atomic E-state index is -0.301. The Kier molecular flexibility index (Phi) is 4.87. The smallest absolute Gasteiger partial charge is 0.226 e. The molecule has 3 N–H and O–H groups in total. The number of ether oxygens (including phenoxy) is 2. The number of carbonyl (C=O) groups is 1. The first-order chi connectivity index (χ1) is 13.5. The van der Waals surface area contributed by atoms with Crippen molar-refractivity contribution in [2.75, 3.05) is 18.2 Å². The molecule has 0 unspecified atom stereocenters. The Morgan fingerprint density at radius 1 is 1.29 bits per heavy atom. The second-order valence-electron chi connectivity index (χ2n) is 6.36. The van der Waals surface area contributed by atoms with E-state index in [1.165, 1.54) is 23.5 Å². The van der Waals surface area contributed by atoms with Crippen molar-refractivity contribution in [1.82, 2.24) is 4.98 Å². The Morgan fingerprint density at radius 3 is 2.82 bits per heavy atom. The maximum absolute atomic E-state index is 13.1. The molecule has 2 heterocycles. The molecular formula is C20H18FN3O3S. The molecule has 0 spiro atoms. The third kappa shape index (κ3) is 3.50. The number of benzene rings is 2. The maximum Gasteiger partial charge on any atom is 0.226 e. The lowest BCUT2D eigenvalue weighted by atomic mass is 9.90. The van der Waals surface area contributed by atoms with Gasteiger partial charge in [-0.05, 0) is 23.8 Å². The van der Waals surface area contributed by atoms with E-state index in [0.29, 0.717) is 22.4 Å². The minimum absolute atomic E-state index is 0.130. The van der Waals surface area contributed by atoms with Crippen LogP contribution in [0.2, 0.25) is 0 Å². The predicted molar refractivity (Wildman–Crippen MR) is 105 cm³/mol. The van der Waals surface area contributed by atoms with Crippen LogP contribution in [0.4, 0.5) is 15.3 Å². The molecule has 0 saturated heterocycles. The van der Waals surface area contributed by atoms with Crippen molar-refractivity contribution in [2.45, 2.75) is 18.9 Å². The van der Waals surface area contributed by atoms with Gasteiger partial charge in [-0.2, -0.15) is 0 Å². The normalized spacial score (nSPS) is 15.6. The van der Waals surface area contributed by atoms with Crippen molar-refractivity contribution in [2.24, 2.45) is 0 Å². The molecular weight excluding hydrogens is 381 g/mol. The third-order valence-corrected chi connectivity index (χ3v) is 5.53. The van der Waals surface area contributed by atoms with Crippen molar-refractivity contribution < 1.29 is 18.7 Å². The van der Waals surface area contributed by atoms with Crippen LogP contribution < -0.4 is 20.5 Å². The summed E-state index contributed by atoms with van der Waals surface area (Å²) in [6.07, 6.45) is 0.259. The van der Waals surface area contributed by atoms with Crippen LogP contribution in [0.25, 0.3) is 0 Å². The molecule has 3 aromatic rings. The number of methoxy groups -OCH3 is 1. The number of halogens is 1. The zero-order valence-corrected chi connectivity index (χ0v) is 15.9. The molecule has 0 saturated carbocycles. The molecule has 28 heavy (non-hydrogen) atoms. The van der Waals surface area contributed by atoms with Crippen molar-refractivity contribution >= 4 is 28.2 Å². The van der Waals surface area contributed by atoms with Crippen LogP contribution in [0.1, 0.15) is 28.3 Å². The standard InChI is InChI=1S/C20H18FN3O3S/c1-26-15-4-2-3-13(17(15)27-10-11-5-7-12(21)8-6-11)14-9-16(25)23-19-18(14)28-20(22)24-19/h2-8,14H,9-10H2,1H3,(H2,22,24)(H,23,25)/t14-/m1/s1. The fourth-order valence-electron chi connectivity index (χ4n) is 3.25. The van der Waals surface area contributed by atoms with E-state index < -0.39 is 0 Å². The average Bonchev–Trinajstić information content (AvgIpc) is 3.06. The van der Waals surface area contributed by atoms with E-state index in [4.69, 9.17) is 15.2 Å². The molecule has 8 heteroatoms. The molecule has 1 aliphatic heterocycles. The molecule has 1 atom stereocenters. The highest BCUT2D eigenvalue weighted by atomic mass is 32.1. The summed E-state index contributed by atoms with van der Waals surface area (Å²) >= 11 is 1.35. The highest BCUT2D eigenvalue weighted by molar-refractivity contribution is 7.16. The first kappa shape index (κ1) is 18.2. The summed E-state index contributed by atoms with van der Waals surface area (Å²) in [6, 6.07) is 11.7. The molecule has 0 radical (unpaired) electrons. The highest BCUT2D eigenvalue weighted by Gasteiger charge is 2.32. The summed E-state index contributed by atoms with van der Waals surface area (Å²) in [7, 11) is 1.56. The first-order valence-corrected chi connectivity index (χ1v) is 9.47. The van der Waals surface area contributed by atoms with Crippen molar-refractivity contribution in [3.8, 4) is 11.5 Å². The van der Waals surface area contributed by atoms with Crippen LogP contribution in [0, 0.1) is 5.82 Å². The number of hydrogen-bond donors (Lipinski definition) is 2. The fourth-order valence-corrected chi connectivity index (χ4v) is 4.15. The number of thiazole rings is 1. The third-order valence-electron chi connectivity index (χ3n) is 4.53. The number of nitrogen functional groups attached to an aromatic ring is 1. The van der Waals surface area contributed by atoms with E-state index in [2.05, 4.69) is 10.3 Å². The Hall–Kier alpha value is -3.13. The number of carbonyl (C=O) groups excluding carboxylic acids is 1. The number of aromatic nitrogens is 1. The van der Waals surface area contributed by atoms with Crippen LogP contribution in [0.3, 0.4) is 0 Å². The first-order valence-electron chi connectivity index (χ1n) is 8.65. The Bertz CT molecular complexity index is 1020. The van der Waals surface area contributed by atoms with Gasteiger partial charge in [-0.15, -0.1) is 0 Å². The van der Waals surface area contributed by atoms with Crippen molar-refractivity contribution in [1.29, 1.82) is 0 Å². The van der Waals surface area contributed by atoms with Crippen LogP contribution in [0.15, 0.2) is 42.5 Å². The summed E-state index contributed by atoms with van der Waals surface area (Å²) < 4.78 is 24.7. The highest BCUT2D eigenvalue weighted by Crippen LogP contribution is 2.46. The van der Waals surface area contributed by atoms with Gasteiger partial charge < -0.3 is 20.5 Å². The minimum Gasteiger partial charge on any atom is -0.493 e. The van der Waals surface area contributed by atoms with Gasteiger partial charge in [0.2, 0.25) is 5.91 Å². The number of hydrogen-bond acceptors (Lipinski definition) is 6. The lowest BCUT2D eigenvalue weighted by molar-refractivity contribution is -0.116. The number of anilines is 2. The zero-order chi connectivity index (χ0) is 19.7. The second kappa shape index (κ2) is 7.47. The van der Waals surface area contributed by atoms with E-state index in [1.54, 1.807) is 25.3 Å². The lowest BCUT2D eigenvalue weighted by Gasteiger charge is -2.24. The van der Waals surface area contributed by atoms with Gasteiger partial charge in [0, 0.05) is 17.9 Å². The van der Waals surface area contributed by atoms with Gasteiger partial charge in [-0.25, -0.2) is 9.37 Å². The molecule has 0 aliphatic carbocycles. The average molecular weight is 399 g/mol. The molecule has 0 bridgehead atoms. The Labute approximate surface area is 165 Å². The van der Waals surface area contributed by atoms with Gasteiger partial charge in [0.15, 0.2) is 16.6 Å². The number of nitrogens with two attached hydrogens (primary N) is 1. The zero-order valence-electron chi connectivity index (χ0n) is 15.1. The van der Waals surface area contributed by atoms with Gasteiger partial charge in [0.25, 0.3) is 0 Å². The monoisotopic (exact) mass is 399 g/mol. The largest absolute Gasteiger partial charge is 0.493 e. The number of fused-ring (bicyclic) bond motifs is 1. The van der Waals surface area contributed by atoms with E-state index in [1.807, 2.05) is 12.1 Å². The van der Waals surface area contributed by atoms with Gasteiger partial charge in [0.1, 0.15) is 18.2 Å². The number of nitrogens with one attached hydrogen (secondary N) is 1. The van der Waals surface area contributed by atoms with E-state index in [-0.39, 0.29) is 30.7 Å². The number of rotatable bonds is 5. The van der Waals surface area contributed by atoms with E-state index >= 15 is 0 Å². The molecule has 4 rings (SSSR count). The van der Waals surface area contributed by atoms with Crippen LogP contribution in [-0.2, 0) is 11.4 Å². The van der Waals surface area contributed by atoms with Gasteiger partial charge in [-0.1, -0.05) is 35.6 Å². The van der Waals surface area contributed by atoms with Gasteiger partial charge in [0.05, 0.1) is 12.0 Å². The molecule has 6 nitrogen and oxygen atoms in total. The van der Waals surface area contributed by atoms with Gasteiger partial charge >= 0.3 is 0 Å². The summed E-state index contributed by atoms with van der Waals surface area (Å²) in [6.45, 7) is 0.240. The molecule has 1 aromatic heterocycles. The predicted octanol–water partition coefficient (Wildman–Crippen LogP) is 3.93. The van der Waals surface area contributed by atoms with E-state index in [9.17, 15) is 9.18 Å². The summed E-state index contributed by atoms with van der Waals surface area (Å²) in [5.74, 6) is 0.935. The van der Waals surface area contributed by atoms with Gasteiger partial charge in [-0.3, -0.25) is 4.79 Å². The Balaban J connectivity index is 1.71. The number of para-hydroxylation sites is 1. The summed E-state index contributed by atoms with van der Waals surface area (Å²) in [5.41, 5.74) is 7.50. The maximum atomic E-state index is 13.1. The molecule has 144 valence electrons. The van der Waals surface area contributed by atoms with Crippen molar-refractivity contribution in [3.05, 3.63) is 64.3 Å². The van der Waals surface area contributed by atoms with Crippen LogP contribution >= 0.6 is 11.3 Å². The number of amides is 1. The molecule has 0 fully saturated rings. The summed E-state index contributed by atoms with van der Waals surface area (Å²) in [5, 5.41) is 3.16. The topological polar surface area (TPSA) is 86.5 Å². The quantitative estimate of drug-likeness (QED) is 0.679. The fraction of sp³-hybridized carbons (Fsp3) is 0.200. The second-order valence-corrected chi connectivity index (χ2v) is 7.43. The van der Waals surface area contributed by atoms with Crippen LogP contribution in [-0.4, -0.2) is 18.0 Å². The van der Waals surface area contributed by atoms with Crippen molar-refractivity contribution in [3.63, 3.8) is 0 Å². The van der Waals surface area contributed by atoms with Crippen LogP contribution in [0.5, 0.6) is 11.5 Å². The number of nitrogens with zero attached hydrogens (tertiary/aromatic N) is 1. The lowest BCUT2D eigenvalue weighted by Crippen LogP contribution is -2.23. The Morgan fingerprint density at radius 2 is 2.07 bits per heavy atom. The molecule has 1 amide bonds.